The number of benzene rings is 2. The van der Waals surface area contributed by atoms with Crippen LogP contribution in [0.15, 0.2) is 42.5 Å². The van der Waals surface area contributed by atoms with E-state index in [0.29, 0.717) is 5.56 Å². The smallest absolute Gasteiger partial charge is 0.166 e. The molecule has 0 unspecified atom stereocenters. The quantitative estimate of drug-likeness (QED) is 0.690. The van der Waals surface area contributed by atoms with Crippen LogP contribution in [-0.4, -0.2) is 0 Å². The van der Waals surface area contributed by atoms with E-state index in [1.54, 1.807) is 12.1 Å². The van der Waals surface area contributed by atoms with Crippen LogP contribution in [0.3, 0.4) is 0 Å². The van der Waals surface area contributed by atoms with Gasteiger partial charge in [-0.2, -0.15) is 13.2 Å². The predicted molar refractivity (Wildman–Crippen MR) is 69.8 cm³/mol. The van der Waals surface area contributed by atoms with Crippen molar-refractivity contribution in [1.29, 1.82) is 0 Å². The van der Waals surface area contributed by atoms with E-state index >= 15 is 0 Å². The molecule has 3 heteroatoms. The van der Waals surface area contributed by atoms with Crippen LogP contribution in [0, 0.1) is 6.07 Å². The topological polar surface area (TPSA) is 0 Å². The molecular formula is C16H14F3. The van der Waals surface area contributed by atoms with E-state index < -0.39 is 11.7 Å². The summed E-state index contributed by atoms with van der Waals surface area (Å²) in [5.41, 5.74) is 1.81. The van der Waals surface area contributed by atoms with Crippen LogP contribution >= 0.6 is 0 Å². The third-order valence-electron chi connectivity index (χ3n) is 3.02. The van der Waals surface area contributed by atoms with E-state index in [1.165, 1.54) is 12.1 Å². The summed E-state index contributed by atoms with van der Waals surface area (Å²) < 4.78 is 38.2. The van der Waals surface area contributed by atoms with Gasteiger partial charge in [0.2, 0.25) is 0 Å². The largest absolute Gasteiger partial charge is 0.416 e. The highest BCUT2D eigenvalue weighted by Gasteiger charge is 2.30. The molecule has 0 aliphatic heterocycles. The summed E-state index contributed by atoms with van der Waals surface area (Å²) in [6.07, 6.45) is -4.31. The zero-order valence-electron chi connectivity index (χ0n) is 10.8. The minimum Gasteiger partial charge on any atom is -0.166 e. The number of halogens is 3. The summed E-state index contributed by atoms with van der Waals surface area (Å²) in [5.74, 6) is 0.238. The number of alkyl halides is 3. The molecule has 2 rings (SSSR count). The van der Waals surface area contributed by atoms with E-state index in [4.69, 9.17) is 0 Å². The molecule has 0 nitrogen and oxygen atoms in total. The average molecular weight is 263 g/mol. The lowest BCUT2D eigenvalue weighted by Gasteiger charge is -2.14. The maximum Gasteiger partial charge on any atom is 0.416 e. The van der Waals surface area contributed by atoms with Crippen LogP contribution in [0.5, 0.6) is 0 Å². The highest BCUT2D eigenvalue weighted by Crippen LogP contribution is 2.34. The number of rotatable bonds is 2. The first kappa shape index (κ1) is 13.7. The Morgan fingerprint density at radius 2 is 1.84 bits per heavy atom. The van der Waals surface area contributed by atoms with Crippen LogP contribution in [0.1, 0.15) is 30.9 Å². The average Bonchev–Trinajstić information content (AvgIpc) is 2.38. The molecule has 2 aromatic rings. The molecule has 2 aromatic carbocycles. The lowest BCUT2D eigenvalue weighted by molar-refractivity contribution is -0.137. The van der Waals surface area contributed by atoms with Crippen molar-refractivity contribution in [3.05, 3.63) is 59.7 Å². The van der Waals surface area contributed by atoms with Crippen LogP contribution in [0.2, 0.25) is 0 Å². The van der Waals surface area contributed by atoms with Crippen molar-refractivity contribution < 1.29 is 13.2 Å². The first-order chi connectivity index (χ1) is 8.89. The van der Waals surface area contributed by atoms with E-state index in [2.05, 4.69) is 6.07 Å². The van der Waals surface area contributed by atoms with Gasteiger partial charge in [0.15, 0.2) is 0 Å². The maximum atomic E-state index is 12.7. The lowest BCUT2D eigenvalue weighted by atomic mass is 9.92. The Balaban J connectivity index is 2.54. The summed E-state index contributed by atoms with van der Waals surface area (Å²) in [5, 5.41) is 0. The Kier molecular flexibility index (Phi) is 3.65. The summed E-state index contributed by atoms with van der Waals surface area (Å²) in [4.78, 5) is 0. The molecule has 0 amide bonds. The van der Waals surface area contributed by atoms with Gasteiger partial charge in [-0.1, -0.05) is 44.2 Å². The van der Waals surface area contributed by atoms with Crippen LogP contribution in [0.4, 0.5) is 13.2 Å². The second-order valence-corrected chi connectivity index (χ2v) is 4.75. The zero-order chi connectivity index (χ0) is 14.0. The normalized spacial score (nSPS) is 11.9. The van der Waals surface area contributed by atoms with Crippen molar-refractivity contribution in [2.45, 2.75) is 25.9 Å². The molecule has 19 heavy (non-hydrogen) atoms. The fraction of sp³-hybridized carbons (Fsp3) is 0.250. The molecule has 0 spiro atoms. The van der Waals surface area contributed by atoms with Crippen LogP contribution < -0.4 is 0 Å². The molecule has 0 aliphatic carbocycles. The minimum atomic E-state index is -4.31. The van der Waals surface area contributed by atoms with E-state index in [0.717, 1.165) is 17.2 Å². The molecule has 0 heterocycles. The zero-order valence-corrected chi connectivity index (χ0v) is 10.8. The second kappa shape index (κ2) is 5.08. The molecule has 0 aliphatic rings. The highest BCUT2D eigenvalue weighted by atomic mass is 19.4. The van der Waals surface area contributed by atoms with Crippen LogP contribution in [-0.2, 0) is 6.18 Å². The molecular weight excluding hydrogens is 249 g/mol. The first-order valence-corrected chi connectivity index (χ1v) is 6.07. The maximum absolute atomic E-state index is 12.7. The van der Waals surface area contributed by atoms with Gasteiger partial charge in [0.25, 0.3) is 0 Å². The Labute approximate surface area is 110 Å². The van der Waals surface area contributed by atoms with Gasteiger partial charge in [-0.25, -0.2) is 0 Å². The first-order valence-electron chi connectivity index (χ1n) is 6.07. The fourth-order valence-corrected chi connectivity index (χ4v) is 2.05. The lowest BCUT2D eigenvalue weighted by Crippen LogP contribution is -2.04. The van der Waals surface area contributed by atoms with E-state index in [-0.39, 0.29) is 5.92 Å². The molecule has 0 saturated heterocycles. The second-order valence-electron chi connectivity index (χ2n) is 4.75. The third-order valence-corrected chi connectivity index (χ3v) is 3.02. The number of hydrogen-bond donors (Lipinski definition) is 0. The van der Waals surface area contributed by atoms with Gasteiger partial charge in [0.1, 0.15) is 0 Å². The monoisotopic (exact) mass is 263 g/mol. The molecule has 99 valence electrons. The van der Waals surface area contributed by atoms with Gasteiger partial charge in [-0.15, -0.1) is 0 Å². The molecule has 1 radical (unpaired) electrons. The van der Waals surface area contributed by atoms with Crippen molar-refractivity contribution in [2.24, 2.45) is 0 Å². The Bertz CT molecular complexity index is 568. The molecule has 0 saturated carbocycles. The van der Waals surface area contributed by atoms with Gasteiger partial charge in [0, 0.05) is 0 Å². The summed E-state index contributed by atoms with van der Waals surface area (Å²) >= 11 is 0. The van der Waals surface area contributed by atoms with Gasteiger partial charge < -0.3 is 0 Å². The van der Waals surface area contributed by atoms with Crippen LogP contribution in [0.25, 0.3) is 11.1 Å². The molecule has 0 bridgehead atoms. The number of hydrogen-bond acceptors (Lipinski definition) is 0. The Morgan fingerprint density at radius 1 is 1.11 bits per heavy atom. The van der Waals surface area contributed by atoms with Crippen molar-refractivity contribution >= 4 is 0 Å². The van der Waals surface area contributed by atoms with Gasteiger partial charge >= 0.3 is 6.18 Å². The Morgan fingerprint density at radius 3 is 2.47 bits per heavy atom. The van der Waals surface area contributed by atoms with Crippen molar-refractivity contribution in [2.75, 3.05) is 0 Å². The highest BCUT2D eigenvalue weighted by molar-refractivity contribution is 5.68. The molecule has 0 fully saturated rings. The van der Waals surface area contributed by atoms with Gasteiger partial charge in [0.05, 0.1) is 5.56 Å². The summed E-state index contributed by atoms with van der Waals surface area (Å²) in [6, 6.07) is 13.8. The summed E-state index contributed by atoms with van der Waals surface area (Å²) in [7, 11) is 0. The van der Waals surface area contributed by atoms with Crippen molar-refractivity contribution in [3.8, 4) is 11.1 Å². The predicted octanol–water partition coefficient (Wildman–Crippen LogP) is 5.30. The van der Waals surface area contributed by atoms with Gasteiger partial charge in [-0.05, 0) is 40.8 Å². The third kappa shape index (κ3) is 2.98. The van der Waals surface area contributed by atoms with E-state index in [1.807, 2.05) is 26.0 Å². The van der Waals surface area contributed by atoms with Gasteiger partial charge in [-0.3, -0.25) is 0 Å². The molecule has 0 N–H and O–H groups in total. The standard InChI is InChI=1S/C16H14F3/c1-11(2)14-8-3-4-9-15(14)12-6-5-7-13(10-12)16(17,18)19/h4-11H,1-2H3. The SMILES string of the molecule is CC(C)c1c[c]ccc1-c1cccc(C(F)(F)F)c1. The Hall–Kier alpha value is -1.77. The van der Waals surface area contributed by atoms with Crippen molar-refractivity contribution in [3.63, 3.8) is 0 Å². The summed E-state index contributed by atoms with van der Waals surface area (Å²) in [6.45, 7) is 4.03. The fourth-order valence-electron chi connectivity index (χ4n) is 2.05. The molecule has 0 aromatic heterocycles. The minimum absolute atomic E-state index is 0.238. The molecule has 0 atom stereocenters. The van der Waals surface area contributed by atoms with E-state index in [9.17, 15) is 13.2 Å². The van der Waals surface area contributed by atoms with Crippen molar-refractivity contribution in [1.82, 2.24) is 0 Å².